The van der Waals surface area contributed by atoms with E-state index in [9.17, 15) is 4.79 Å². The molecular weight excluding hydrogens is 416 g/mol. The van der Waals surface area contributed by atoms with E-state index in [1.165, 1.54) is 89.9 Å². The number of carbonyl (C=O) groups is 1. The van der Waals surface area contributed by atoms with Gasteiger partial charge in [0.1, 0.15) is 0 Å². The van der Waals surface area contributed by atoms with Crippen LogP contribution in [-0.4, -0.2) is 91.2 Å². The molecule has 0 aliphatic heterocycles. The van der Waals surface area contributed by atoms with Crippen LogP contribution in [0, 0.1) is 0 Å². The van der Waals surface area contributed by atoms with Gasteiger partial charge in [0.15, 0.2) is 0 Å². The molecule has 0 unspecified atom stereocenters. The van der Waals surface area contributed by atoms with Gasteiger partial charge in [-0.15, -0.1) is 0 Å². The molecule has 1 amide bonds. The Labute approximate surface area is 206 Å². The third-order valence-electron chi connectivity index (χ3n) is 5.99. The Balaban J connectivity index is 0. The summed E-state index contributed by atoms with van der Waals surface area (Å²) in [7, 11) is 5.90. The lowest BCUT2D eigenvalue weighted by molar-refractivity contribution is -0.792. The summed E-state index contributed by atoms with van der Waals surface area (Å²) in [4.78, 5) is 13.6. The predicted octanol–water partition coefficient (Wildman–Crippen LogP) is 4.75. The zero-order valence-electron chi connectivity index (χ0n) is 22.7. The number of amides is 1. The number of quaternary nitrogens is 1. The minimum Gasteiger partial charge on any atom is -0.395 e. The quantitative estimate of drug-likeness (QED) is 0.156. The molecule has 0 fully saturated rings. The average molecular weight is 476 g/mol. The highest BCUT2D eigenvalue weighted by molar-refractivity contribution is 5.68. The van der Waals surface area contributed by atoms with Crippen LogP contribution in [0.5, 0.6) is 0 Å². The monoisotopic (exact) mass is 475 g/mol. The fourth-order valence-electron chi connectivity index (χ4n) is 3.74. The molecule has 0 heterocycles. The Morgan fingerprint density at radius 3 is 1.15 bits per heavy atom. The highest BCUT2D eigenvalue weighted by Gasteiger charge is 2.18. The van der Waals surface area contributed by atoms with Gasteiger partial charge in [-0.2, -0.15) is 0 Å². The topological polar surface area (TPSA) is 81.0 Å². The van der Waals surface area contributed by atoms with Crippen molar-refractivity contribution < 1.29 is 24.6 Å². The van der Waals surface area contributed by atoms with Crippen molar-refractivity contribution in [1.82, 2.24) is 4.90 Å². The first-order chi connectivity index (χ1) is 15.8. The predicted molar refractivity (Wildman–Crippen MR) is 140 cm³/mol. The molecule has 6 nitrogen and oxygen atoms in total. The number of hydrogen-bond donors (Lipinski definition) is 3. The number of rotatable bonds is 22. The van der Waals surface area contributed by atoms with Gasteiger partial charge in [0, 0.05) is 19.6 Å². The van der Waals surface area contributed by atoms with E-state index in [1.54, 1.807) is 4.90 Å². The molecule has 33 heavy (non-hydrogen) atoms. The number of nitrogens with zero attached hydrogens (tertiary/aromatic N) is 2. The zero-order valence-corrected chi connectivity index (χ0v) is 22.7. The largest absolute Gasteiger partial charge is 0.395 e. The Morgan fingerprint density at radius 2 is 0.879 bits per heavy atom. The molecule has 200 valence electrons. The third-order valence-corrected chi connectivity index (χ3v) is 5.99. The number of unbranched alkanes of at least 4 members (excludes halogenated alkanes) is 14. The summed E-state index contributed by atoms with van der Waals surface area (Å²) in [5.74, 6) is 0.361. The fraction of sp³-hybridized carbons (Fsp3) is 0.963. The maximum Gasteiger partial charge on any atom is 0.313 e. The molecule has 0 aromatic carbocycles. The van der Waals surface area contributed by atoms with E-state index in [-0.39, 0.29) is 19.8 Å². The minimum atomic E-state index is 0.0694. The van der Waals surface area contributed by atoms with Crippen molar-refractivity contribution in [3.05, 3.63) is 0 Å². The average Bonchev–Trinajstić information content (AvgIpc) is 2.76. The van der Waals surface area contributed by atoms with E-state index in [2.05, 4.69) is 6.92 Å². The molecule has 0 aromatic rings. The molecule has 3 N–H and O–H groups in total. The van der Waals surface area contributed by atoms with Crippen LogP contribution < -0.4 is 0 Å². The first kappa shape index (κ1) is 34.6. The number of aliphatic hydroxyl groups is 3. The van der Waals surface area contributed by atoms with Crippen LogP contribution in [-0.2, 0) is 4.79 Å². The van der Waals surface area contributed by atoms with Crippen LogP contribution in [0.25, 0.3) is 0 Å². The molecule has 0 atom stereocenters. The smallest absolute Gasteiger partial charge is 0.313 e. The number of hydrogen-bond acceptors (Lipinski definition) is 5. The first-order valence-corrected chi connectivity index (χ1v) is 13.7. The SMILES string of the molecule is CCCCCCCCCCCCCCCCCC(=O)[N+](C)(C)C.OCCN(CCO)CCO. The van der Waals surface area contributed by atoms with E-state index in [4.69, 9.17) is 15.3 Å². The fourth-order valence-corrected chi connectivity index (χ4v) is 3.74. The normalized spacial score (nSPS) is 11.5. The molecule has 6 heteroatoms. The summed E-state index contributed by atoms with van der Waals surface area (Å²) in [6.45, 7) is 4.04. The van der Waals surface area contributed by atoms with Gasteiger partial charge in [0.2, 0.25) is 0 Å². The molecular formula is C27H59N2O4+. The second-order valence-electron chi connectivity index (χ2n) is 10.1. The lowest BCUT2D eigenvalue weighted by Gasteiger charge is -2.20. The maximum atomic E-state index is 11.8. The molecule has 0 aliphatic rings. The lowest BCUT2D eigenvalue weighted by atomic mass is 10.0. The summed E-state index contributed by atoms with van der Waals surface area (Å²) in [6, 6.07) is 0. The van der Waals surface area contributed by atoms with Crippen LogP contribution in [0.2, 0.25) is 0 Å². The second kappa shape index (κ2) is 26.1. The Hall–Kier alpha value is -0.530. The van der Waals surface area contributed by atoms with Crippen LogP contribution in [0.4, 0.5) is 0 Å². The van der Waals surface area contributed by atoms with Gasteiger partial charge in [-0.05, 0) is 6.42 Å². The highest BCUT2D eigenvalue weighted by atomic mass is 16.3. The number of carbonyl (C=O) groups excluding carboxylic acids is 1. The van der Waals surface area contributed by atoms with Crippen molar-refractivity contribution in [2.45, 2.75) is 110 Å². The molecule has 0 aliphatic carbocycles. The van der Waals surface area contributed by atoms with Crippen molar-refractivity contribution >= 4 is 5.91 Å². The minimum absolute atomic E-state index is 0.0694. The van der Waals surface area contributed by atoms with Crippen molar-refractivity contribution in [1.29, 1.82) is 0 Å². The van der Waals surface area contributed by atoms with E-state index >= 15 is 0 Å². The highest BCUT2D eigenvalue weighted by Crippen LogP contribution is 2.14. The molecule has 0 saturated heterocycles. The van der Waals surface area contributed by atoms with E-state index in [0.717, 1.165) is 12.8 Å². The molecule has 0 bridgehead atoms. The number of aliphatic hydroxyl groups excluding tert-OH is 3. The van der Waals surface area contributed by atoms with E-state index < -0.39 is 0 Å². The van der Waals surface area contributed by atoms with Gasteiger partial charge >= 0.3 is 5.91 Å². The standard InChI is InChI=1S/C21H44NO.C6H15NO3/c1-5-6-7-8-9-10-11-12-13-14-15-16-17-18-19-20-21(23)22(2,3)4;8-4-1-7(2-5-9)3-6-10/h5-20H2,1-4H3;8-10H,1-6H2/q+1;. The van der Waals surface area contributed by atoms with Gasteiger partial charge in [-0.25, -0.2) is 4.79 Å². The lowest BCUT2D eigenvalue weighted by Crippen LogP contribution is -2.40. The maximum absolute atomic E-state index is 11.8. The summed E-state index contributed by atoms with van der Waals surface area (Å²) in [5.41, 5.74) is 0. The first-order valence-electron chi connectivity index (χ1n) is 13.7. The molecule has 0 spiro atoms. The van der Waals surface area contributed by atoms with E-state index in [1.807, 2.05) is 21.1 Å². The summed E-state index contributed by atoms with van der Waals surface area (Å²) >= 11 is 0. The van der Waals surface area contributed by atoms with Crippen LogP contribution in [0.15, 0.2) is 0 Å². The van der Waals surface area contributed by atoms with Crippen LogP contribution >= 0.6 is 0 Å². The Morgan fingerprint density at radius 1 is 0.576 bits per heavy atom. The van der Waals surface area contributed by atoms with Gasteiger partial charge in [0.25, 0.3) is 0 Å². The molecule has 0 aromatic heterocycles. The van der Waals surface area contributed by atoms with E-state index in [0.29, 0.717) is 30.0 Å². The zero-order chi connectivity index (χ0) is 25.2. The Bertz CT molecular complexity index is 386. The summed E-state index contributed by atoms with van der Waals surface area (Å²) in [5, 5.41) is 25.5. The molecule has 0 radical (unpaired) electrons. The summed E-state index contributed by atoms with van der Waals surface area (Å²) < 4.78 is 0.471. The van der Waals surface area contributed by atoms with Gasteiger partial charge in [-0.1, -0.05) is 96.8 Å². The second-order valence-corrected chi connectivity index (χ2v) is 10.1. The summed E-state index contributed by atoms with van der Waals surface area (Å²) in [6.07, 6.45) is 21.4. The van der Waals surface area contributed by atoms with Gasteiger partial charge in [-0.3, -0.25) is 9.38 Å². The van der Waals surface area contributed by atoms with Crippen molar-refractivity contribution in [3.8, 4) is 0 Å². The van der Waals surface area contributed by atoms with Crippen LogP contribution in [0.3, 0.4) is 0 Å². The van der Waals surface area contributed by atoms with Crippen molar-refractivity contribution in [2.75, 3.05) is 60.6 Å². The molecule has 0 saturated carbocycles. The van der Waals surface area contributed by atoms with Crippen molar-refractivity contribution in [3.63, 3.8) is 0 Å². The van der Waals surface area contributed by atoms with Crippen LogP contribution in [0.1, 0.15) is 110 Å². The van der Waals surface area contributed by atoms with Crippen molar-refractivity contribution in [2.24, 2.45) is 0 Å². The van der Waals surface area contributed by atoms with Gasteiger partial charge < -0.3 is 15.3 Å². The third kappa shape index (κ3) is 27.6. The Kier molecular flexibility index (Phi) is 27.4. The molecule has 0 rings (SSSR count). The van der Waals surface area contributed by atoms with Gasteiger partial charge in [0.05, 0.1) is 47.4 Å².